The van der Waals surface area contributed by atoms with E-state index in [0.717, 1.165) is 37.1 Å². The zero-order valence-electron chi connectivity index (χ0n) is 19.8. The molecule has 1 amide bonds. The molecule has 3 rings (SSSR count). The first-order chi connectivity index (χ1) is 15.1. The highest BCUT2D eigenvalue weighted by Gasteiger charge is 2.48. The molecule has 186 valence electrons. The van der Waals surface area contributed by atoms with Gasteiger partial charge in [-0.2, -0.15) is 17.5 Å². The SMILES string of the molecule is CN[C@@H](CC(C)(C)C)C(=O)N(C)[C@H]1CC[C@@H]2CN(S(=O)(=O)c3ccc(C(F)(F)F)cc3)C[C@@H]21. The Bertz CT molecular complexity index is 958. The Labute approximate surface area is 194 Å². The molecule has 1 heterocycles. The van der Waals surface area contributed by atoms with E-state index in [1.54, 1.807) is 19.0 Å². The Balaban J connectivity index is 1.73. The molecule has 0 spiro atoms. The van der Waals surface area contributed by atoms with Crippen LogP contribution in [0.4, 0.5) is 13.2 Å². The summed E-state index contributed by atoms with van der Waals surface area (Å²) in [5, 5.41) is 3.11. The van der Waals surface area contributed by atoms with Gasteiger partial charge in [0.1, 0.15) is 0 Å². The topological polar surface area (TPSA) is 69.7 Å². The fourth-order valence-corrected chi connectivity index (χ4v) is 6.71. The van der Waals surface area contributed by atoms with Crippen molar-refractivity contribution in [3.63, 3.8) is 0 Å². The Morgan fingerprint density at radius 1 is 1.15 bits per heavy atom. The Kier molecular flexibility index (Phi) is 7.23. The highest BCUT2D eigenvalue weighted by atomic mass is 32.2. The van der Waals surface area contributed by atoms with E-state index in [2.05, 4.69) is 26.1 Å². The molecule has 4 atom stereocenters. The van der Waals surface area contributed by atoms with Crippen LogP contribution in [0.3, 0.4) is 0 Å². The number of hydrogen-bond donors (Lipinski definition) is 1. The average Bonchev–Trinajstić information content (AvgIpc) is 3.31. The molecule has 1 aromatic rings. The number of rotatable bonds is 6. The van der Waals surface area contributed by atoms with Crippen LogP contribution in [-0.2, 0) is 21.0 Å². The van der Waals surface area contributed by atoms with Crippen molar-refractivity contribution in [2.75, 3.05) is 27.2 Å². The summed E-state index contributed by atoms with van der Waals surface area (Å²) in [5.41, 5.74) is -0.906. The molecule has 2 fully saturated rings. The number of fused-ring (bicyclic) bond motifs is 1. The van der Waals surface area contributed by atoms with Gasteiger partial charge in [0, 0.05) is 26.2 Å². The molecule has 1 saturated carbocycles. The zero-order valence-corrected chi connectivity index (χ0v) is 20.6. The quantitative estimate of drug-likeness (QED) is 0.663. The number of likely N-dealkylation sites (N-methyl/N-ethyl adjacent to an activating group) is 2. The van der Waals surface area contributed by atoms with E-state index in [4.69, 9.17) is 0 Å². The van der Waals surface area contributed by atoms with Gasteiger partial charge in [0.05, 0.1) is 16.5 Å². The Morgan fingerprint density at radius 3 is 2.27 bits per heavy atom. The van der Waals surface area contributed by atoms with E-state index in [9.17, 15) is 26.4 Å². The molecule has 0 unspecified atom stereocenters. The van der Waals surface area contributed by atoms with Crippen LogP contribution in [0.2, 0.25) is 0 Å². The molecule has 6 nitrogen and oxygen atoms in total. The van der Waals surface area contributed by atoms with Crippen molar-refractivity contribution in [2.24, 2.45) is 17.3 Å². The van der Waals surface area contributed by atoms with Crippen molar-refractivity contribution in [2.45, 2.75) is 63.2 Å². The summed E-state index contributed by atoms with van der Waals surface area (Å²) in [6, 6.07) is 3.25. The van der Waals surface area contributed by atoms with E-state index in [1.807, 2.05) is 0 Å². The van der Waals surface area contributed by atoms with Crippen LogP contribution < -0.4 is 5.32 Å². The summed E-state index contributed by atoms with van der Waals surface area (Å²) in [4.78, 5) is 14.8. The summed E-state index contributed by atoms with van der Waals surface area (Å²) in [6.45, 7) is 6.83. The van der Waals surface area contributed by atoms with Crippen LogP contribution in [0.5, 0.6) is 0 Å². The minimum absolute atomic E-state index is 0.00196. The lowest BCUT2D eigenvalue weighted by Crippen LogP contribution is -2.50. The number of nitrogens with zero attached hydrogens (tertiary/aromatic N) is 2. The number of alkyl halides is 3. The molecule has 0 bridgehead atoms. The van der Waals surface area contributed by atoms with Crippen LogP contribution in [0, 0.1) is 17.3 Å². The van der Waals surface area contributed by atoms with Crippen LogP contribution >= 0.6 is 0 Å². The average molecular weight is 490 g/mol. The molecular formula is C23H34F3N3O3S. The van der Waals surface area contributed by atoms with Crippen molar-refractivity contribution >= 4 is 15.9 Å². The highest BCUT2D eigenvalue weighted by Crippen LogP contribution is 2.42. The monoisotopic (exact) mass is 489 g/mol. The van der Waals surface area contributed by atoms with Gasteiger partial charge < -0.3 is 10.2 Å². The summed E-state index contributed by atoms with van der Waals surface area (Å²) in [7, 11) is -0.349. The number of carbonyl (C=O) groups excluding carboxylic acids is 1. The van der Waals surface area contributed by atoms with Crippen molar-refractivity contribution in [3.8, 4) is 0 Å². The minimum atomic E-state index is -4.52. The number of sulfonamides is 1. The third-order valence-corrected chi connectivity index (χ3v) is 8.76. The lowest BCUT2D eigenvalue weighted by Gasteiger charge is -2.34. The Hall–Kier alpha value is -1.65. The van der Waals surface area contributed by atoms with Crippen LogP contribution in [0.25, 0.3) is 0 Å². The lowest BCUT2D eigenvalue weighted by molar-refractivity contribution is -0.137. The molecule has 1 aliphatic heterocycles. The van der Waals surface area contributed by atoms with E-state index >= 15 is 0 Å². The van der Waals surface area contributed by atoms with E-state index < -0.39 is 21.8 Å². The van der Waals surface area contributed by atoms with Crippen molar-refractivity contribution in [1.82, 2.24) is 14.5 Å². The molecule has 1 aromatic carbocycles. The van der Waals surface area contributed by atoms with Gasteiger partial charge in [-0.25, -0.2) is 8.42 Å². The predicted octanol–water partition coefficient (Wildman–Crippen LogP) is 3.59. The van der Waals surface area contributed by atoms with Gasteiger partial charge in [-0.15, -0.1) is 0 Å². The molecule has 0 radical (unpaired) electrons. The summed E-state index contributed by atoms with van der Waals surface area (Å²) >= 11 is 0. The summed E-state index contributed by atoms with van der Waals surface area (Å²) < 4.78 is 66.1. The fraction of sp³-hybridized carbons (Fsp3) is 0.696. The third kappa shape index (κ3) is 5.54. The lowest BCUT2D eigenvalue weighted by atomic mass is 9.87. The maximum Gasteiger partial charge on any atom is 0.416 e. The molecule has 0 aromatic heterocycles. The van der Waals surface area contributed by atoms with Gasteiger partial charge in [-0.1, -0.05) is 20.8 Å². The molecule has 1 aliphatic carbocycles. The first-order valence-corrected chi connectivity index (χ1v) is 12.7. The van der Waals surface area contributed by atoms with E-state index in [1.165, 1.54) is 4.31 Å². The second-order valence-electron chi connectivity index (χ2n) is 10.5. The number of benzene rings is 1. The van der Waals surface area contributed by atoms with E-state index in [-0.39, 0.29) is 46.7 Å². The van der Waals surface area contributed by atoms with Crippen LogP contribution in [0.15, 0.2) is 29.2 Å². The van der Waals surface area contributed by atoms with Gasteiger partial charge in [0.15, 0.2) is 0 Å². The maximum absolute atomic E-state index is 13.2. The summed E-state index contributed by atoms with van der Waals surface area (Å²) in [5.74, 6) is 0.141. The number of amides is 1. The van der Waals surface area contributed by atoms with Gasteiger partial charge in [-0.3, -0.25) is 4.79 Å². The number of hydrogen-bond acceptors (Lipinski definition) is 4. The van der Waals surface area contributed by atoms with Crippen LogP contribution in [0.1, 0.15) is 45.6 Å². The first kappa shape index (κ1) is 26.0. The first-order valence-electron chi connectivity index (χ1n) is 11.3. The zero-order chi connectivity index (χ0) is 24.8. The van der Waals surface area contributed by atoms with Gasteiger partial charge >= 0.3 is 6.18 Å². The molecule has 2 aliphatic rings. The van der Waals surface area contributed by atoms with Crippen molar-refractivity contribution in [3.05, 3.63) is 29.8 Å². The molecule has 10 heteroatoms. The number of halogens is 3. The van der Waals surface area contributed by atoms with Gasteiger partial charge in [0.25, 0.3) is 0 Å². The third-order valence-electron chi connectivity index (χ3n) is 6.91. The second kappa shape index (κ2) is 9.19. The van der Waals surface area contributed by atoms with Crippen molar-refractivity contribution < 1.29 is 26.4 Å². The molecule has 1 saturated heterocycles. The largest absolute Gasteiger partial charge is 0.416 e. The number of carbonyl (C=O) groups is 1. The van der Waals surface area contributed by atoms with Gasteiger partial charge in [0.2, 0.25) is 15.9 Å². The standard InChI is InChI=1S/C23H34F3N3O3S/c1-22(2,3)12-19(27-4)21(30)28(5)20-11-6-15-13-29(14-18(15)20)33(31,32)17-9-7-16(8-10-17)23(24,25)26/h7-10,15,18-20,27H,6,11-14H2,1-5H3/t15-,18+,19+,20+/m1/s1. The van der Waals surface area contributed by atoms with Gasteiger partial charge in [-0.05, 0) is 67.8 Å². The second-order valence-corrected chi connectivity index (χ2v) is 12.4. The maximum atomic E-state index is 13.2. The molecule has 33 heavy (non-hydrogen) atoms. The minimum Gasteiger partial charge on any atom is -0.341 e. The normalized spacial score (nSPS) is 25.2. The molecule has 1 N–H and O–H groups in total. The predicted molar refractivity (Wildman–Crippen MR) is 120 cm³/mol. The smallest absolute Gasteiger partial charge is 0.341 e. The fourth-order valence-electron chi connectivity index (χ4n) is 5.17. The van der Waals surface area contributed by atoms with Crippen molar-refractivity contribution in [1.29, 1.82) is 0 Å². The highest BCUT2D eigenvalue weighted by molar-refractivity contribution is 7.89. The molecular weight excluding hydrogens is 455 g/mol. The van der Waals surface area contributed by atoms with Crippen LogP contribution in [-0.4, -0.2) is 62.8 Å². The summed E-state index contributed by atoms with van der Waals surface area (Å²) in [6.07, 6.45) is -2.20. The van der Waals surface area contributed by atoms with E-state index in [0.29, 0.717) is 13.0 Å². The number of nitrogens with one attached hydrogen (secondary N) is 1. The Morgan fingerprint density at radius 2 is 1.76 bits per heavy atom.